The Kier molecular flexibility index (Phi) is 2.66. The second kappa shape index (κ2) is 4.00. The first-order valence-corrected chi connectivity index (χ1v) is 4.62. The Balaban J connectivity index is 2.76. The summed E-state index contributed by atoms with van der Waals surface area (Å²) in [5, 5.41) is 12.5. The Bertz CT molecular complexity index is 580. The molecule has 5 nitrogen and oxygen atoms in total. The number of halogens is 2. The molecule has 0 unspecified atom stereocenters. The van der Waals surface area contributed by atoms with Gasteiger partial charge in [0.25, 0.3) is 6.43 Å². The smallest absolute Gasteiger partial charge is 0.337 e. The van der Waals surface area contributed by atoms with Crippen molar-refractivity contribution in [1.82, 2.24) is 9.61 Å². The average Bonchev–Trinajstić information content (AvgIpc) is 2.71. The standard InChI is InChI=1S/C10H8F2N2O3/c1-17-8-3-2-5(10(15)16)7-4-6(9(11)12)13-14(7)8/h2-4,9H,1H3,(H,15,16). The van der Waals surface area contributed by atoms with Gasteiger partial charge in [-0.2, -0.15) is 9.61 Å². The van der Waals surface area contributed by atoms with Crippen molar-refractivity contribution in [3.63, 3.8) is 0 Å². The Hall–Kier alpha value is -2.18. The largest absolute Gasteiger partial charge is 0.481 e. The van der Waals surface area contributed by atoms with Crippen LogP contribution in [0.3, 0.4) is 0 Å². The molecule has 0 aliphatic rings. The molecule has 0 atom stereocenters. The van der Waals surface area contributed by atoms with Crippen molar-refractivity contribution in [1.29, 1.82) is 0 Å². The number of carboxylic acid groups (broad SMARTS) is 1. The number of ether oxygens (including phenoxy) is 1. The lowest BCUT2D eigenvalue weighted by molar-refractivity contribution is 0.0698. The lowest BCUT2D eigenvalue weighted by Crippen LogP contribution is -2.03. The second-order valence-corrected chi connectivity index (χ2v) is 3.26. The van der Waals surface area contributed by atoms with E-state index in [-0.39, 0.29) is 17.0 Å². The van der Waals surface area contributed by atoms with Gasteiger partial charge in [-0.15, -0.1) is 0 Å². The summed E-state index contributed by atoms with van der Waals surface area (Å²) in [7, 11) is 1.35. The predicted molar refractivity (Wildman–Crippen MR) is 53.7 cm³/mol. The lowest BCUT2D eigenvalue weighted by Gasteiger charge is -2.04. The number of fused-ring (bicyclic) bond motifs is 1. The number of hydrogen-bond donors (Lipinski definition) is 1. The average molecular weight is 242 g/mol. The number of carbonyl (C=O) groups is 1. The molecule has 0 saturated heterocycles. The quantitative estimate of drug-likeness (QED) is 0.893. The summed E-state index contributed by atoms with van der Waals surface area (Å²) in [4.78, 5) is 10.9. The topological polar surface area (TPSA) is 63.8 Å². The number of methoxy groups -OCH3 is 1. The third-order valence-electron chi connectivity index (χ3n) is 2.27. The normalized spacial score (nSPS) is 11.1. The molecule has 0 aliphatic heterocycles. The van der Waals surface area contributed by atoms with Gasteiger partial charge in [-0.25, -0.2) is 13.6 Å². The van der Waals surface area contributed by atoms with Gasteiger partial charge in [-0.1, -0.05) is 0 Å². The highest BCUT2D eigenvalue weighted by molar-refractivity contribution is 5.95. The van der Waals surface area contributed by atoms with Crippen molar-refractivity contribution in [2.75, 3.05) is 7.11 Å². The number of alkyl halides is 2. The molecule has 0 saturated carbocycles. The summed E-state index contributed by atoms with van der Waals surface area (Å²) >= 11 is 0. The fraction of sp³-hybridized carbons (Fsp3) is 0.200. The zero-order chi connectivity index (χ0) is 12.6. The Morgan fingerprint density at radius 1 is 1.53 bits per heavy atom. The lowest BCUT2D eigenvalue weighted by atomic mass is 10.2. The maximum atomic E-state index is 12.5. The summed E-state index contributed by atoms with van der Waals surface area (Å²) in [5.41, 5.74) is -0.519. The number of aromatic nitrogens is 2. The van der Waals surface area contributed by atoms with Crippen molar-refractivity contribution in [2.45, 2.75) is 6.43 Å². The van der Waals surface area contributed by atoms with Crippen LogP contribution < -0.4 is 4.74 Å². The van der Waals surface area contributed by atoms with Crippen LogP contribution in [0.5, 0.6) is 5.88 Å². The van der Waals surface area contributed by atoms with Crippen molar-refractivity contribution in [2.24, 2.45) is 0 Å². The molecule has 0 bridgehead atoms. The molecule has 0 fully saturated rings. The van der Waals surface area contributed by atoms with Crippen LogP contribution >= 0.6 is 0 Å². The summed E-state index contributed by atoms with van der Waals surface area (Å²) in [6, 6.07) is 3.68. The molecule has 0 aromatic carbocycles. The van der Waals surface area contributed by atoms with Crippen molar-refractivity contribution < 1.29 is 23.4 Å². The van der Waals surface area contributed by atoms with Gasteiger partial charge in [0.1, 0.15) is 5.69 Å². The van der Waals surface area contributed by atoms with Crippen LogP contribution in [0.1, 0.15) is 22.5 Å². The van der Waals surface area contributed by atoms with Crippen LogP contribution in [-0.2, 0) is 0 Å². The van der Waals surface area contributed by atoms with E-state index in [0.29, 0.717) is 0 Å². The third-order valence-corrected chi connectivity index (χ3v) is 2.27. The van der Waals surface area contributed by atoms with E-state index in [1.54, 1.807) is 0 Å². The Labute approximate surface area is 94.2 Å². The second-order valence-electron chi connectivity index (χ2n) is 3.26. The van der Waals surface area contributed by atoms with Gasteiger partial charge < -0.3 is 9.84 Å². The molecule has 17 heavy (non-hydrogen) atoms. The van der Waals surface area contributed by atoms with Gasteiger partial charge in [-0.05, 0) is 12.1 Å². The minimum atomic E-state index is -2.76. The molecule has 2 aromatic rings. The number of nitrogens with zero attached hydrogens (tertiary/aromatic N) is 2. The van der Waals surface area contributed by atoms with Crippen LogP contribution in [0.25, 0.3) is 5.52 Å². The monoisotopic (exact) mass is 242 g/mol. The highest BCUT2D eigenvalue weighted by Gasteiger charge is 2.18. The molecule has 2 aromatic heterocycles. The number of rotatable bonds is 3. The van der Waals surface area contributed by atoms with E-state index in [4.69, 9.17) is 9.84 Å². The first-order valence-electron chi connectivity index (χ1n) is 4.62. The van der Waals surface area contributed by atoms with E-state index in [1.165, 1.54) is 19.2 Å². The highest BCUT2D eigenvalue weighted by atomic mass is 19.3. The summed E-state index contributed by atoms with van der Waals surface area (Å²) in [5.74, 6) is -1.02. The summed E-state index contributed by atoms with van der Waals surface area (Å²) in [6.45, 7) is 0. The molecule has 7 heteroatoms. The number of hydrogen-bond acceptors (Lipinski definition) is 3. The van der Waals surface area contributed by atoms with Crippen molar-refractivity contribution in [3.05, 3.63) is 29.5 Å². The van der Waals surface area contributed by atoms with Gasteiger partial charge in [0.05, 0.1) is 18.2 Å². The number of carboxylic acids is 1. The minimum absolute atomic E-state index is 0.0761. The van der Waals surface area contributed by atoms with E-state index in [1.807, 2.05) is 0 Å². The number of pyridine rings is 1. The molecule has 0 amide bonds. The summed E-state index contributed by atoms with van der Waals surface area (Å²) in [6.07, 6.45) is -2.76. The molecule has 0 aliphatic carbocycles. The molecule has 0 spiro atoms. The fourth-order valence-electron chi connectivity index (χ4n) is 1.51. The van der Waals surface area contributed by atoms with Gasteiger partial charge in [0, 0.05) is 6.07 Å². The molecule has 1 N–H and O–H groups in total. The van der Waals surface area contributed by atoms with E-state index in [0.717, 1.165) is 10.6 Å². The third kappa shape index (κ3) is 1.79. The molecule has 90 valence electrons. The SMILES string of the molecule is COc1ccc(C(=O)O)c2cc(C(F)F)nn12. The number of aromatic carboxylic acids is 1. The van der Waals surface area contributed by atoms with Gasteiger partial charge in [0.15, 0.2) is 0 Å². The molecule has 2 rings (SSSR count). The van der Waals surface area contributed by atoms with Crippen molar-refractivity contribution >= 4 is 11.5 Å². The van der Waals surface area contributed by atoms with E-state index in [9.17, 15) is 13.6 Å². The van der Waals surface area contributed by atoms with Crippen LogP contribution in [0, 0.1) is 0 Å². The van der Waals surface area contributed by atoms with Crippen LogP contribution in [0.2, 0.25) is 0 Å². The van der Waals surface area contributed by atoms with Gasteiger partial charge >= 0.3 is 5.97 Å². The minimum Gasteiger partial charge on any atom is -0.481 e. The molecule has 2 heterocycles. The predicted octanol–water partition coefficient (Wildman–Crippen LogP) is 1.98. The van der Waals surface area contributed by atoms with Crippen LogP contribution in [0.15, 0.2) is 18.2 Å². The van der Waals surface area contributed by atoms with Crippen LogP contribution in [-0.4, -0.2) is 27.8 Å². The van der Waals surface area contributed by atoms with E-state index < -0.39 is 18.1 Å². The zero-order valence-corrected chi connectivity index (χ0v) is 8.72. The fourth-order valence-corrected chi connectivity index (χ4v) is 1.51. The first-order chi connectivity index (χ1) is 8.04. The Morgan fingerprint density at radius 2 is 2.24 bits per heavy atom. The van der Waals surface area contributed by atoms with Gasteiger partial charge in [0.2, 0.25) is 5.88 Å². The molecular formula is C10H8F2N2O3. The maximum absolute atomic E-state index is 12.5. The Morgan fingerprint density at radius 3 is 2.76 bits per heavy atom. The van der Waals surface area contributed by atoms with E-state index in [2.05, 4.69) is 5.10 Å². The van der Waals surface area contributed by atoms with Crippen molar-refractivity contribution in [3.8, 4) is 5.88 Å². The first kappa shape index (κ1) is 11.3. The van der Waals surface area contributed by atoms with Gasteiger partial charge in [-0.3, -0.25) is 0 Å². The molecular weight excluding hydrogens is 234 g/mol. The van der Waals surface area contributed by atoms with Crippen LogP contribution in [0.4, 0.5) is 8.78 Å². The maximum Gasteiger partial charge on any atom is 0.337 e. The molecule has 0 radical (unpaired) electrons. The highest BCUT2D eigenvalue weighted by Crippen LogP contribution is 2.24. The summed E-state index contributed by atoms with van der Waals surface area (Å²) < 4.78 is 31.0. The zero-order valence-electron chi connectivity index (χ0n) is 8.72. The van der Waals surface area contributed by atoms with E-state index >= 15 is 0 Å².